The van der Waals surface area contributed by atoms with Crippen molar-refractivity contribution in [3.63, 3.8) is 0 Å². The first-order valence-corrected chi connectivity index (χ1v) is 9.87. The second-order valence-electron chi connectivity index (χ2n) is 8.29. The zero-order valence-electron chi connectivity index (χ0n) is 16.2. The van der Waals surface area contributed by atoms with Gasteiger partial charge in [0.25, 0.3) is 0 Å². The second kappa shape index (κ2) is 6.57. The van der Waals surface area contributed by atoms with Gasteiger partial charge in [0.05, 0.1) is 5.52 Å². The van der Waals surface area contributed by atoms with Gasteiger partial charge in [-0.3, -0.25) is 4.79 Å². The first-order valence-electron chi connectivity index (χ1n) is 9.87. The minimum Gasteiger partial charge on any atom is -0.357 e. The number of nitrogens with one attached hydrogen (secondary N) is 1. The molecule has 1 amide bonds. The standard InChI is InChI=1S/C22H29N3O/c1-15-4-5-18-16(2)14-19(24-21(18)17(15)3)25-12-9-22(10-13-25)7-6-20(26)23-11-8-22/h4-5,14H,6-13H2,1-3H3,(H,23,26). The van der Waals surface area contributed by atoms with E-state index in [1.165, 1.54) is 22.1 Å². The summed E-state index contributed by atoms with van der Waals surface area (Å²) < 4.78 is 0. The van der Waals surface area contributed by atoms with Crippen molar-refractivity contribution in [1.82, 2.24) is 10.3 Å². The third-order valence-corrected chi connectivity index (χ3v) is 6.71. The predicted molar refractivity (Wildman–Crippen MR) is 107 cm³/mol. The quantitative estimate of drug-likeness (QED) is 0.843. The summed E-state index contributed by atoms with van der Waals surface area (Å²) in [5.74, 6) is 1.34. The van der Waals surface area contributed by atoms with Crippen LogP contribution in [0.2, 0.25) is 0 Å². The molecule has 1 spiro atoms. The molecule has 4 rings (SSSR count). The molecule has 4 nitrogen and oxygen atoms in total. The number of anilines is 1. The van der Waals surface area contributed by atoms with E-state index in [1.807, 2.05) is 0 Å². The van der Waals surface area contributed by atoms with E-state index in [4.69, 9.17) is 4.98 Å². The van der Waals surface area contributed by atoms with Gasteiger partial charge in [-0.2, -0.15) is 0 Å². The number of nitrogens with zero attached hydrogens (tertiary/aromatic N) is 2. The Hall–Kier alpha value is -2.10. The van der Waals surface area contributed by atoms with Gasteiger partial charge in [-0.05, 0) is 74.6 Å². The average molecular weight is 351 g/mol. The van der Waals surface area contributed by atoms with E-state index < -0.39 is 0 Å². The Morgan fingerprint density at radius 3 is 2.58 bits per heavy atom. The van der Waals surface area contributed by atoms with Gasteiger partial charge in [0.2, 0.25) is 5.91 Å². The molecule has 1 N–H and O–H groups in total. The fourth-order valence-corrected chi connectivity index (χ4v) is 4.61. The van der Waals surface area contributed by atoms with Crippen molar-refractivity contribution in [2.75, 3.05) is 24.5 Å². The van der Waals surface area contributed by atoms with Crippen LogP contribution in [0, 0.1) is 26.2 Å². The molecule has 2 saturated heterocycles. The minimum absolute atomic E-state index is 0.224. The number of carbonyl (C=O) groups excluding carboxylic acids is 1. The number of hydrogen-bond donors (Lipinski definition) is 1. The molecule has 0 radical (unpaired) electrons. The number of fused-ring (bicyclic) bond motifs is 1. The van der Waals surface area contributed by atoms with E-state index in [9.17, 15) is 4.79 Å². The molecular weight excluding hydrogens is 322 g/mol. The van der Waals surface area contributed by atoms with E-state index in [1.54, 1.807) is 0 Å². The fraction of sp³-hybridized carbons (Fsp3) is 0.545. The molecule has 2 aliphatic heterocycles. The van der Waals surface area contributed by atoms with E-state index in [0.29, 0.717) is 11.8 Å². The molecule has 4 heteroatoms. The Morgan fingerprint density at radius 1 is 1.04 bits per heavy atom. The van der Waals surface area contributed by atoms with Crippen LogP contribution < -0.4 is 10.2 Å². The topological polar surface area (TPSA) is 45.2 Å². The van der Waals surface area contributed by atoms with E-state index in [2.05, 4.69) is 49.2 Å². The molecule has 2 aliphatic rings. The summed E-state index contributed by atoms with van der Waals surface area (Å²) in [6.07, 6.45) is 5.16. The molecule has 138 valence electrons. The van der Waals surface area contributed by atoms with E-state index in [-0.39, 0.29) is 5.91 Å². The monoisotopic (exact) mass is 351 g/mol. The summed E-state index contributed by atoms with van der Waals surface area (Å²) in [6, 6.07) is 6.63. The first-order chi connectivity index (χ1) is 12.5. The fourth-order valence-electron chi connectivity index (χ4n) is 4.61. The Balaban J connectivity index is 1.58. The number of benzene rings is 1. The highest BCUT2D eigenvalue weighted by Gasteiger charge is 2.36. The first kappa shape index (κ1) is 17.3. The lowest BCUT2D eigenvalue weighted by atomic mass is 9.73. The maximum atomic E-state index is 11.7. The van der Waals surface area contributed by atoms with E-state index in [0.717, 1.165) is 56.7 Å². The highest BCUT2D eigenvalue weighted by Crippen LogP contribution is 2.41. The molecule has 1 aromatic heterocycles. The molecule has 0 atom stereocenters. The van der Waals surface area contributed by atoms with Gasteiger partial charge < -0.3 is 10.2 Å². The molecule has 1 aromatic carbocycles. The van der Waals surface area contributed by atoms with Crippen molar-refractivity contribution < 1.29 is 4.79 Å². The molecular formula is C22H29N3O. The zero-order valence-corrected chi connectivity index (χ0v) is 16.2. The third kappa shape index (κ3) is 3.06. The van der Waals surface area contributed by atoms with Crippen LogP contribution >= 0.6 is 0 Å². The maximum Gasteiger partial charge on any atom is 0.220 e. The smallest absolute Gasteiger partial charge is 0.220 e. The molecule has 2 fully saturated rings. The van der Waals surface area contributed by atoms with Crippen molar-refractivity contribution >= 4 is 22.6 Å². The lowest BCUT2D eigenvalue weighted by Crippen LogP contribution is -2.41. The Labute approximate surface area is 156 Å². The molecule has 3 heterocycles. The molecule has 0 bridgehead atoms. The highest BCUT2D eigenvalue weighted by molar-refractivity contribution is 5.87. The molecule has 0 aliphatic carbocycles. The van der Waals surface area contributed by atoms with Crippen LogP contribution in [0.4, 0.5) is 5.82 Å². The number of piperidine rings is 1. The summed E-state index contributed by atoms with van der Waals surface area (Å²) in [6.45, 7) is 9.44. The Morgan fingerprint density at radius 2 is 1.81 bits per heavy atom. The predicted octanol–water partition coefficient (Wildman–Crippen LogP) is 4.05. The Kier molecular flexibility index (Phi) is 4.37. The third-order valence-electron chi connectivity index (χ3n) is 6.71. The Bertz CT molecular complexity index is 850. The average Bonchev–Trinajstić information content (AvgIpc) is 2.81. The van der Waals surface area contributed by atoms with Crippen LogP contribution in [0.25, 0.3) is 10.9 Å². The van der Waals surface area contributed by atoms with Crippen molar-refractivity contribution in [3.8, 4) is 0 Å². The largest absolute Gasteiger partial charge is 0.357 e. The van der Waals surface area contributed by atoms with Crippen molar-refractivity contribution in [2.24, 2.45) is 5.41 Å². The van der Waals surface area contributed by atoms with Gasteiger partial charge in [-0.1, -0.05) is 12.1 Å². The summed E-state index contributed by atoms with van der Waals surface area (Å²) in [7, 11) is 0. The lowest BCUT2D eigenvalue weighted by molar-refractivity contribution is -0.120. The van der Waals surface area contributed by atoms with Gasteiger partial charge in [-0.25, -0.2) is 4.98 Å². The van der Waals surface area contributed by atoms with Crippen LogP contribution in [0.5, 0.6) is 0 Å². The number of carbonyl (C=O) groups is 1. The maximum absolute atomic E-state index is 11.7. The van der Waals surface area contributed by atoms with Crippen LogP contribution in [0.1, 0.15) is 48.8 Å². The molecule has 0 unspecified atom stereocenters. The molecule has 26 heavy (non-hydrogen) atoms. The van der Waals surface area contributed by atoms with Crippen molar-refractivity contribution in [3.05, 3.63) is 34.9 Å². The van der Waals surface area contributed by atoms with Gasteiger partial charge in [0, 0.05) is 31.4 Å². The second-order valence-corrected chi connectivity index (χ2v) is 8.29. The number of amides is 1. The lowest BCUT2D eigenvalue weighted by Gasteiger charge is -2.42. The van der Waals surface area contributed by atoms with Crippen LogP contribution in [-0.4, -0.2) is 30.5 Å². The summed E-state index contributed by atoms with van der Waals surface area (Å²) in [5.41, 5.74) is 5.37. The number of pyridine rings is 1. The molecule has 0 saturated carbocycles. The van der Waals surface area contributed by atoms with Gasteiger partial charge in [0.15, 0.2) is 0 Å². The van der Waals surface area contributed by atoms with E-state index >= 15 is 0 Å². The van der Waals surface area contributed by atoms with Crippen molar-refractivity contribution in [1.29, 1.82) is 0 Å². The van der Waals surface area contributed by atoms with Crippen LogP contribution in [0.3, 0.4) is 0 Å². The number of aryl methyl sites for hydroxylation is 3. The number of aromatic nitrogens is 1. The highest BCUT2D eigenvalue weighted by atomic mass is 16.1. The SMILES string of the molecule is Cc1ccc2c(C)cc(N3CCC4(CCNC(=O)CC4)CC3)nc2c1C. The summed E-state index contributed by atoms with van der Waals surface area (Å²) >= 11 is 0. The number of hydrogen-bond acceptors (Lipinski definition) is 3. The van der Waals surface area contributed by atoms with Gasteiger partial charge in [-0.15, -0.1) is 0 Å². The van der Waals surface area contributed by atoms with Crippen molar-refractivity contribution in [2.45, 2.75) is 52.9 Å². The normalized spacial score (nSPS) is 20.3. The molecule has 2 aromatic rings. The summed E-state index contributed by atoms with van der Waals surface area (Å²) in [4.78, 5) is 19.2. The van der Waals surface area contributed by atoms with Crippen LogP contribution in [-0.2, 0) is 4.79 Å². The van der Waals surface area contributed by atoms with Crippen LogP contribution in [0.15, 0.2) is 18.2 Å². The van der Waals surface area contributed by atoms with Gasteiger partial charge in [0.1, 0.15) is 5.82 Å². The summed E-state index contributed by atoms with van der Waals surface area (Å²) in [5, 5.41) is 4.30. The number of rotatable bonds is 1. The zero-order chi connectivity index (χ0) is 18.3. The van der Waals surface area contributed by atoms with Gasteiger partial charge >= 0.3 is 0 Å². The minimum atomic E-state index is 0.224.